The van der Waals surface area contributed by atoms with Gasteiger partial charge in [0.1, 0.15) is 0 Å². The van der Waals surface area contributed by atoms with Gasteiger partial charge in [-0.2, -0.15) is 0 Å². The summed E-state index contributed by atoms with van der Waals surface area (Å²) in [7, 11) is 0. The van der Waals surface area contributed by atoms with E-state index in [1.54, 1.807) is 0 Å². The van der Waals surface area contributed by atoms with Crippen molar-refractivity contribution in [3.8, 4) is 11.3 Å². The molecule has 0 bridgehead atoms. The highest BCUT2D eigenvalue weighted by molar-refractivity contribution is 5.91. The van der Waals surface area contributed by atoms with Crippen molar-refractivity contribution in [1.82, 2.24) is 4.98 Å². The van der Waals surface area contributed by atoms with E-state index in [0.29, 0.717) is 17.7 Å². The lowest BCUT2D eigenvalue weighted by atomic mass is 10.0. The lowest BCUT2D eigenvalue weighted by molar-refractivity contribution is -0.136. The summed E-state index contributed by atoms with van der Waals surface area (Å²) < 4.78 is 26.6. The fourth-order valence-electron chi connectivity index (χ4n) is 2.59. The standard InChI is InChI=1S/C17H13F2NO2/c18-13-7-5-10(9-14(13)19)17-12(6-8-16(21)22)11-3-1-2-4-15(11)20-17/h1-5,7,9,20H,6,8H2,(H,21,22). The van der Waals surface area contributed by atoms with Crippen LogP contribution < -0.4 is 0 Å². The minimum absolute atomic E-state index is 0.0292. The van der Waals surface area contributed by atoms with Gasteiger partial charge in [0.05, 0.1) is 0 Å². The number of rotatable bonds is 4. The Morgan fingerprint density at radius 1 is 1.09 bits per heavy atom. The number of aromatic nitrogens is 1. The molecule has 112 valence electrons. The Kier molecular flexibility index (Phi) is 3.63. The van der Waals surface area contributed by atoms with Crippen molar-refractivity contribution in [2.24, 2.45) is 0 Å². The van der Waals surface area contributed by atoms with Crippen LogP contribution in [0.3, 0.4) is 0 Å². The van der Waals surface area contributed by atoms with E-state index in [-0.39, 0.29) is 6.42 Å². The molecular formula is C17H13F2NO2. The van der Waals surface area contributed by atoms with E-state index in [0.717, 1.165) is 28.6 Å². The molecule has 0 aliphatic heterocycles. The lowest BCUT2D eigenvalue weighted by Crippen LogP contribution is -1.98. The van der Waals surface area contributed by atoms with Crippen LogP contribution in [0.1, 0.15) is 12.0 Å². The quantitative estimate of drug-likeness (QED) is 0.761. The van der Waals surface area contributed by atoms with Crippen molar-refractivity contribution >= 4 is 16.9 Å². The van der Waals surface area contributed by atoms with Crippen LogP contribution in [0.4, 0.5) is 8.78 Å². The predicted octanol–water partition coefficient (Wildman–Crippen LogP) is 4.13. The number of H-pyrrole nitrogens is 1. The zero-order valence-corrected chi connectivity index (χ0v) is 11.6. The molecule has 0 fully saturated rings. The third kappa shape index (κ3) is 2.57. The van der Waals surface area contributed by atoms with Crippen LogP contribution in [0.5, 0.6) is 0 Å². The normalized spacial score (nSPS) is 11.0. The zero-order chi connectivity index (χ0) is 15.7. The summed E-state index contributed by atoms with van der Waals surface area (Å²) >= 11 is 0. The van der Waals surface area contributed by atoms with Crippen LogP contribution in [0.2, 0.25) is 0 Å². The number of carbonyl (C=O) groups is 1. The number of carboxylic acid groups (broad SMARTS) is 1. The topological polar surface area (TPSA) is 53.1 Å². The van der Waals surface area contributed by atoms with Crippen LogP contribution in [0.25, 0.3) is 22.2 Å². The van der Waals surface area contributed by atoms with Gasteiger partial charge in [-0.25, -0.2) is 8.78 Å². The van der Waals surface area contributed by atoms with E-state index in [1.807, 2.05) is 24.3 Å². The number of aromatic amines is 1. The molecule has 0 atom stereocenters. The highest BCUT2D eigenvalue weighted by Crippen LogP contribution is 2.32. The van der Waals surface area contributed by atoms with Crippen LogP contribution >= 0.6 is 0 Å². The van der Waals surface area contributed by atoms with Gasteiger partial charge in [-0.15, -0.1) is 0 Å². The van der Waals surface area contributed by atoms with Gasteiger partial charge < -0.3 is 10.1 Å². The van der Waals surface area contributed by atoms with E-state index < -0.39 is 17.6 Å². The molecule has 2 N–H and O–H groups in total. The lowest BCUT2D eigenvalue weighted by Gasteiger charge is -2.05. The Hall–Kier alpha value is -2.69. The van der Waals surface area contributed by atoms with Gasteiger partial charge in [-0.1, -0.05) is 18.2 Å². The van der Waals surface area contributed by atoms with Gasteiger partial charge in [-0.05, 0) is 36.2 Å². The average molecular weight is 301 g/mol. The monoisotopic (exact) mass is 301 g/mol. The number of hydrogen-bond acceptors (Lipinski definition) is 1. The third-order valence-electron chi connectivity index (χ3n) is 3.61. The van der Waals surface area contributed by atoms with E-state index in [1.165, 1.54) is 6.07 Å². The molecule has 0 aliphatic carbocycles. The highest BCUT2D eigenvalue weighted by atomic mass is 19.2. The molecule has 0 saturated heterocycles. The summed E-state index contributed by atoms with van der Waals surface area (Å²) in [5.41, 5.74) is 2.75. The third-order valence-corrected chi connectivity index (χ3v) is 3.61. The first-order valence-electron chi connectivity index (χ1n) is 6.83. The molecule has 0 unspecified atom stereocenters. The molecule has 1 aromatic heterocycles. The number of aryl methyl sites for hydroxylation is 1. The largest absolute Gasteiger partial charge is 0.481 e. The summed E-state index contributed by atoms with van der Waals surface area (Å²) in [6, 6.07) is 11.1. The first-order valence-corrected chi connectivity index (χ1v) is 6.83. The Morgan fingerprint density at radius 2 is 1.86 bits per heavy atom. The van der Waals surface area contributed by atoms with Gasteiger partial charge in [0.25, 0.3) is 0 Å². The maximum Gasteiger partial charge on any atom is 0.303 e. The molecule has 5 heteroatoms. The molecule has 3 rings (SSSR count). The van der Waals surface area contributed by atoms with Crippen LogP contribution in [0, 0.1) is 11.6 Å². The Bertz CT molecular complexity index is 855. The molecule has 1 heterocycles. The summed E-state index contributed by atoms with van der Waals surface area (Å²) in [4.78, 5) is 14.0. The number of halogens is 2. The minimum atomic E-state index is -0.930. The van der Waals surface area contributed by atoms with Gasteiger partial charge in [0, 0.05) is 28.6 Å². The van der Waals surface area contributed by atoms with Crippen molar-refractivity contribution in [1.29, 1.82) is 0 Å². The Balaban J connectivity index is 2.16. The number of nitrogens with one attached hydrogen (secondary N) is 1. The molecule has 0 saturated carbocycles. The maximum absolute atomic E-state index is 13.5. The Morgan fingerprint density at radius 3 is 2.59 bits per heavy atom. The number of carboxylic acids is 1. The number of hydrogen-bond donors (Lipinski definition) is 2. The fraction of sp³-hybridized carbons (Fsp3) is 0.118. The fourth-order valence-corrected chi connectivity index (χ4v) is 2.59. The molecule has 0 spiro atoms. The molecular weight excluding hydrogens is 288 g/mol. The first-order chi connectivity index (χ1) is 10.6. The maximum atomic E-state index is 13.5. The molecule has 3 aromatic rings. The van der Waals surface area contributed by atoms with E-state index in [4.69, 9.17) is 5.11 Å². The van der Waals surface area contributed by atoms with Crippen LogP contribution in [0.15, 0.2) is 42.5 Å². The number of benzene rings is 2. The second-order valence-electron chi connectivity index (χ2n) is 5.05. The number of para-hydroxylation sites is 1. The molecule has 2 aromatic carbocycles. The smallest absolute Gasteiger partial charge is 0.303 e. The molecule has 0 radical (unpaired) electrons. The van der Waals surface area contributed by atoms with Crippen molar-refractivity contribution in [3.05, 3.63) is 59.7 Å². The molecule has 0 amide bonds. The van der Waals surface area contributed by atoms with Crippen LogP contribution in [-0.2, 0) is 11.2 Å². The van der Waals surface area contributed by atoms with Crippen molar-refractivity contribution in [3.63, 3.8) is 0 Å². The molecule has 0 aliphatic rings. The van der Waals surface area contributed by atoms with Crippen LogP contribution in [-0.4, -0.2) is 16.1 Å². The van der Waals surface area contributed by atoms with Crippen molar-refractivity contribution in [2.45, 2.75) is 12.8 Å². The van der Waals surface area contributed by atoms with Crippen molar-refractivity contribution in [2.75, 3.05) is 0 Å². The zero-order valence-electron chi connectivity index (χ0n) is 11.6. The molecule has 3 nitrogen and oxygen atoms in total. The van der Waals surface area contributed by atoms with Crippen molar-refractivity contribution < 1.29 is 18.7 Å². The van der Waals surface area contributed by atoms with E-state index >= 15 is 0 Å². The minimum Gasteiger partial charge on any atom is -0.481 e. The summed E-state index contributed by atoms with van der Waals surface area (Å²) in [6.45, 7) is 0. The summed E-state index contributed by atoms with van der Waals surface area (Å²) in [5.74, 6) is -2.74. The van der Waals surface area contributed by atoms with Gasteiger partial charge in [0.2, 0.25) is 0 Å². The Labute approximate surface area is 125 Å². The first kappa shape index (κ1) is 14.3. The van der Waals surface area contributed by atoms with E-state index in [9.17, 15) is 13.6 Å². The molecule has 22 heavy (non-hydrogen) atoms. The highest BCUT2D eigenvalue weighted by Gasteiger charge is 2.15. The second-order valence-corrected chi connectivity index (χ2v) is 5.05. The second kappa shape index (κ2) is 5.60. The van der Waals surface area contributed by atoms with Gasteiger partial charge in [0.15, 0.2) is 11.6 Å². The van der Waals surface area contributed by atoms with Gasteiger partial charge >= 0.3 is 5.97 Å². The number of fused-ring (bicyclic) bond motifs is 1. The summed E-state index contributed by atoms with van der Waals surface area (Å²) in [5, 5.41) is 9.80. The predicted molar refractivity (Wildman–Crippen MR) is 79.6 cm³/mol. The number of aliphatic carboxylic acids is 1. The van der Waals surface area contributed by atoms with Gasteiger partial charge in [-0.3, -0.25) is 4.79 Å². The SMILES string of the molecule is O=C(O)CCc1c(-c2ccc(F)c(F)c2)[nH]c2ccccc12. The average Bonchev–Trinajstić information content (AvgIpc) is 2.86. The van der Waals surface area contributed by atoms with E-state index in [2.05, 4.69) is 4.98 Å². The summed E-state index contributed by atoms with van der Waals surface area (Å²) in [6.07, 6.45) is 0.284.